The Morgan fingerprint density at radius 3 is 2.92 bits per heavy atom. The average molecular weight is 213 g/mol. The molecule has 0 atom stereocenters. The van der Waals surface area contributed by atoms with Crippen LogP contribution in [0.25, 0.3) is 11.0 Å². The Kier molecular flexibility index (Phi) is 2.22. The van der Waals surface area contributed by atoms with E-state index in [9.17, 15) is 0 Å². The number of aromatic nitrogens is 2. The van der Waals surface area contributed by atoms with Gasteiger partial charge in [-0.25, -0.2) is 4.98 Å². The molecule has 0 fully saturated rings. The van der Waals surface area contributed by atoms with Gasteiger partial charge in [0.25, 0.3) is 0 Å². The molecule has 0 saturated heterocycles. The first-order valence-electron chi connectivity index (χ1n) is 3.91. The standard InChI is InChI=1S/C9H9ClN2S/c1-5-9(13-2)8-6(11-5)3-4-7(10)12-8/h3-4,11H,1-2H3. The Labute approximate surface area is 85.7 Å². The molecule has 0 radical (unpaired) electrons. The van der Waals surface area contributed by atoms with Crippen LogP contribution < -0.4 is 0 Å². The van der Waals surface area contributed by atoms with Crippen LogP contribution in [-0.2, 0) is 0 Å². The maximum Gasteiger partial charge on any atom is 0.129 e. The van der Waals surface area contributed by atoms with Crippen molar-refractivity contribution in [3.05, 3.63) is 23.0 Å². The number of rotatable bonds is 1. The van der Waals surface area contributed by atoms with Crippen LogP contribution in [0.2, 0.25) is 5.15 Å². The zero-order valence-corrected chi connectivity index (χ0v) is 8.96. The highest BCUT2D eigenvalue weighted by molar-refractivity contribution is 7.98. The fourth-order valence-corrected chi connectivity index (χ4v) is 2.25. The van der Waals surface area contributed by atoms with Crippen LogP contribution in [0.5, 0.6) is 0 Å². The fraction of sp³-hybridized carbons (Fsp3) is 0.222. The minimum absolute atomic E-state index is 0.543. The number of nitrogens with one attached hydrogen (secondary N) is 1. The molecule has 1 N–H and O–H groups in total. The van der Waals surface area contributed by atoms with Crippen molar-refractivity contribution in [1.82, 2.24) is 9.97 Å². The molecule has 0 spiro atoms. The van der Waals surface area contributed by atoms with Crippen LogP contribution in [0, 0.1) is 6.92 Å². The highest BCUT2D eigenvalue weighted by atomic mass is 35.5. The van der Waals surface area contributed by atoms with Gasteiger partial charge >= 0.3 is 0 Å². The van der Waals surface area contributed by atoms with Gasteiger partial charge < -0.3 is 4.98 Å². The Morgan fingerprint density at radius 1 is 1.46 bits per heavy atom. The van der Waals surface area contributed by atoms with Gasteiger partial charge in [0.2, 0.25) is 0 Å². The van der Waals surface area contributed by atoms with E-state index in [2.05, 4.69) is 9.97 Å². The molecule has 0 bridgehead atoms. The molecular weight excluding hydrogens is 204 g/mol. The molecule has 0 unspecified atom stereocenters. The Morgan fingerprint density at radius 2 is 2.23 bits per heavy atom. The van der Waals surface area contributed by atoms with Crippen molar-refractivity contribution >= 4 is 34.4 Å². The molecule has 0 aromatic carbocycles. The number of thioether (sulfide) groups is 1. The number of nitrogens with zero attached hydrogens (tertiary/aromatic N) is 1. The van der Waals surface area contributed by atoms with E-state index >= 15 is 0 Å². The van der Waals surface area contributed by atoms with E-state index in [0.717, 1.165) is 16.7 Å². The number of pyridine rings is 1. The lowest BCUT2D eigenvalue weighted by atomic mass is 10.4. The van der Waals surface area contributed by atoms with Crippen molar-refractivity contribution in [2.45, 2.75) is 11.8 Å². The van der Waals surface area contributed by atoms with Crippen LogP contribution in [0.4, 0.5) is 0 Å². The third-order valence-electron chi connectivity index (χ3n) is 1.94. The topological polar surface area (TPSA) is 28.7 Å². The van der Waals surface area contributed by atoms with E-state index < -0.39 is 0 Å². The SMILES string of the molecule is CSc1c(C)[nH]c2ccc(Cl)nc12. The van der Waals surface area contributed by atoms with Crippen molar-refractivity contribution in [2.24, 2.45) is 0 Å². The summed E-state index contributed by atoms with van der Waals surface area (Å²) in [6.07, 6.45) is 2.04. The second-order valence-corrected chi connectivity index (χ2v) is 4.02. The molecule has 0 aliphatic rings. The van der Waals surface area contributed by atoms with Gasteiger partial charge in [0.15, 0.2) is 0 Å². The fourth-order valence-electron chi connectivity index (χ4n) is 1.40. The number of hydrogen-bond acceptors (Lipinski definition) is 2. The molecule has 2 aromatic heterocycles. The predicted octanol–water partition coefficient (Wildman–Crippen LogP) is 3.25. The molecule has 0 amide bonds. The minimum Gasteiger partial charge on any atom is -0.356 e. The Balaban J connectivity index is 2.80. The maximum atomic E-state index is 5.82. The van der Waals surface area contributed by atoms with Crippen molar-refractivity contribution in [1.29, 1.82) is 0 Å². The van der Waals surface area contributed by atoms with Gasteiger partial charge in [0, 0.05) is 5.69 Å². The highest BCUT2D eigenvalue weighted by Crippen LogP contribution is 2.28. The second kappa shape index (κ2) is 3.24. The Hall–Kier alpha value is -0.670. The molecule has 2 rings (SSSR count). The van der Waals surface area contributed by atoms with E-state index in [1.165, 1.54) is 4.90 Å². The molecule has 0 saturated carbocycles. The summed E-state index contributed by atoms with van der Waals surface area (Å²) in [6.45, 7) is 2.04. The zero-order valence-electron chi connectivity index (χ0n) is 7.39. The summed E-state index contributed by atoms with van der Waals surface area (Å²) >= 11 is 7.51. The molecule has 0 aliphatic carbocycles. The highest BCUT2D eigenvalue weighted by Gasteiger charge is 2.08. The first-order chi connectivity index (χ1) is 6.22. The summed E-state index contributed by atoms with van der Waals surface area (Å²) in [6, 6.07) is 3.75. The number of H-pyrrole nitrogens is 1. The summed E-state index contributed by atoms with van der Waals surface area (Å²) in [4.78, 5) is 8.72. The quantitative estimate of drug-likeness (QED) is 0.581. The van der Waals surface area contributed by atoms with E-state index in [0.29, 0.717) is 5.15 Å². The van der Waals surface area contributed by atoms with Gasteiger partial charge in [-0.3, -0.25) is 0 Å². The number of fused-ring (bicyclic) bond motifs is 1. The Bertz CT molecular complexity index is 450. The van der Waals surface area contributed by atoms with Gasteiger partial charge in [-0.05, 0) is 25.3 Å². The molecule has 2 heterocycles. The lowest BCUT2D eigenvalue weighted by Crippen LogP contribution is -1.76. The predicted molar refractivity (Wildman–Crippen MR) is 57.6 cm³/mol. The van der Waals surface area contributed by atoms with E-state index in [-0.39, 0.29) is 0 Å². The van der Waals surface area contributed by atoms with Gasteiger partial charge in [-0.2, -0.15) is 0 Å². The third kappa shape index (κ3) is 1.42. The van der Waals surface area contributed by atoms with E-state index in [1.54, 1.807) is 17.8 Å². The average Bonchev–Trinajstić information content (AvgIpc) is 2.40. The largest absolute Gasteiger partial charge is 0.356 e. The first-order valence-corrected chi connectivity index (χ1v) is 5.51. The second-order valence-electron chi connectivity index (χ2n) is 2.81. The van der Waals surface area contributed by atoms with Crippen molar-refractivity contribution in [3.8, 4) is 0 Å². The number of hydrogen-bond donors (Lipinski definition) is 1. The maximum absolute atomic E-state index is 5.82. The van der Waals surface area contributed by atoms with E-state index in [1.807, 2.05) is 19.2 Å². The van der Waals surface area contributed by atoms with Gasteiger partial charge in [0.1, 0.15) is 10.7 Å². The molecule has 2 aromatic rings. The molecule has 4 heteroatoms. The van der Waals surface area contributed by atoms with Crippen LogP contribution in [0.15, 0.2) is 17.0 Å². The molecule has 2 nitrogen and oxygen atoms in total. The van der Waals surface area contributed by atoms with Gasteiger partial charge in [0.05, 0.1) is 10.4 Å². The summed E-state index contributed by atoms with van der Waals surface area (Å²) in [5.74, 6) is 0. The summed E-state index contributed by atoms with van der Waals surface area (Å²) < 4.78 is 0. The number of halogens is 1. The molecule has 0 aliphatic heterocycles. The van der Waals surface area contributed by atoms with Crippen LogP contribution >= 0.6 is 23.4 Å². The van der Waals surface area contributed by atoms with Crippen LogP contribution in [-0.4, -0.2) is 16.2 Å². The summed E-state index contributed by atoms with van der Waals surface area (Å²) in [7, 11) is 0. The smallest absolute Gasteiger partial charge is 0.129 e. The first kappa shape index (κ1) is 8.91. The summed E-state index contributed by atoms with van der Waals surface area (Å²) in [5.41, 5.74) is 3.17. The molecular formula is C9H9ClN2S. The molecule has 68 valence electrons. The third-order valence-corrected chi connectivity index (χ3v) is 3.06. The minimum atomic E-state index is 0.543. The number of aryl methyl sites for hydroxylation is 1. The van der Waals surface area contributed by atoms with E-state index in [4.69, 9.17) is 11.6 Å². The molecule has 13 heavy (non-hydrogen) atoms. The lowest BCUT2D eigenvalue weighted by molar-refractivity contribution is 1.23. The van der Waals surface area contributed by atoms with Gasteiger partial charge in [-0.15, -0.1) is 11.8 Å². The lowest BCUT2D eigenvalue weighted by Gasteiger charge is -1.94. The monoisotopic (exact) mass is 212 g/mol. The van der Waals surface area contributed by atoms with Crippen LogP contribution in [0.1, 0.15) is 5.69 Å². The summed E-state index contributed by atoms with van der Waals surface area (Å²) in [5, 5.41) is 0.543. The number of aromatic amines is 1. The van der Waals surface area contributed by atoms with Crippen molar-refractivity contribution in [2.75, 3.05) is 6.26 Å². The van der Waals surface area contributed by atoms with Gasteiger partial charge in [-0.1, -0.05) is 11.6 Å². The van der Waals surface area contributed by atoms with Crippen molar-refractivity contribution in [3.63, 3.8) is 0 Å². The normalized spacial score (nSPS) is 11.0. The van der Waals surface area contributed by atoms with Crippen molar-refractivity contribution < 1.29 is 0 Å². The van der Waals surface area contributed by atoms with Crippen LogP contribution in [0.3, 0.4) is 0 Å². The zero-order chi connectivity index (χ0) is 9.42.